The van der Waals surface area contributed by atoms with E-state index < -0.39 is 5.54 Å². The van der Waals surface area contributed by atoms with Crippen molar-refractivity contribution in [3.8, 4) is 0 Å². The first-order valence-electron chi connectivity index (χ1n) is 7.52. The van der Waals surface area contributed by atoms with E-state index in [0.717, 1.165) is 45.4 Å². The molecule has 0 heterocycles. The van der Waals surface area contributed by atoms with Gasteiger partial charge in [-0.25, -0.2) is 0 Å². The Kier molecular flexibility index (Phi) is 9.80. The molecule has 5 heteroatoms. The Bertz CT molecular complexity index is 272. The molecule has 120 valence electrons. The molecule has 1 N–H and O–H groups in total. The molecule has 0 spiro atoms. The number of hydrogen-bond acceptors (Lipinski definition) is 5. The molecular weight excluding hydrogens is 254 g/mol. The molecule has 0 bridgehead atoms. The minimum atomic E-state index is -0.562. The van der Waals surface area contributed by atoms with E-state index in [1.165, 1.54) is 7.11 Å². The highest BCUT2D eigenvalue weighted by Crippen LogP contribution is 2.15. The minimum Gasteiger partial charge on any atom is -0.468 e. The normalized spacial score (nSPS) is 14.6. The second kappa shape index (κ2) is 10.1. The molecule has 0 fully saturated rings. The maximum absolute atomic E-state index is 11.9. The molecule has 0 aromatic carbocycles. The largest absolute Gasteiger partial charge is 0.468 e. The molecule has 1 unspecified atom stereocenters. The van der Waals surface area contributed by atoms with Gasteiger partial charge in [-0.15, -0.1) is 0 Å². The summed E-state index contributed by atoms with van der Waals surface area (Å²) in [6.45, 7) is 7.97. The molecule has 0 aliphatic rings. The summed E-state index contributed by atoms with van der Waals surface area (Å²) in [4.78, 5) is 16.4. The van der Waals surface area contributed by atoms with E-state index in [9.17, 15) is 4.79 Å². The first-order valence-corrected chi connectivity index (χ1v) is 7.52. The van der Waals surface area contributed by atoms with Crippen molar-refractivity contribution in [2.75, 3.05) is 54.4 Å². The number of nitrogens with one attached hydrogen (secondary N) is 1. The monoisotopic (exact) mass is 287 g/mol. The van der Waals surface area contributed by atoms with Crippen LogP contribution in [0.5, 0.6) is 0 Å². The summed E-state index contributed by atoms with van der Waals surface area (Å²) >= 11 is 0. The SMILES string of the molecule is CCCNC(C)(CCCN(C)CCN(C)C)C(=O)OC. The molecule has 0 saturated carbocycles. The van der Waals surface area contributed by atoms with E-state index in [0.29, 0.717) is 0 Å². The summed E-state index contributed by atoms with van der Waals surface area (Å²) in [5.74, 6) is -0.165. The number of carbonyl (C=O) groups excluding carboxylic acids is 1. The van der Waals surface area contributed by atoms with Gasteiger partial charge in [0, 0.05) is 13.1 Å². The highest BCUT2D eigenvalue weighted by atomic mass is 16.5. The van der Waals surface area contributed by atoms with Crippen molar-refractivity contribution in [3.63, 3.8) is 0 Å². The van der Waals surface area contributed by atoms with Gasteiger partial charge in [-0.3, -0.25) is 4.79 Å². The third-order valence-electron chi connectivity index (χ3n) is 3.55. The zero-order valence-electron chi connectivity index (χ0n) is 14.2. The quantitative estimate of drug-likeness (QED) is 0.578. The lowest BCUT2D eigenvalue weighted by Gasteiger charge is -2.29. The minimum absolute atomic E-state index is 0.165. The molecule has 0 aliphatic heterocycles. The number of esters is 1. The second-order valence-corrected chi connectivity index (χ2v) is 5.96. The number of ether oxygens (including phenoxy) is 1. The highest BCUT2D eigenvalue weighted by molar-refractivity contribution is 5.80. The van der Waals surface area contributed by atoms with E-state index in [-0.39, 0.29) is 5.97 Å². The molecule has 0 aromatic rings. The molecule has 5 nitrogen and oxygen atoms in total. The van der Waals surface area contributed by atoms with Crippen LogP contribution in [0.4, 0.5) is 0 Å². The average Bonchev–Trinajstić information content (AvgIpc) is 2.41. The van der Waals surface area contributed by atoms with Crippen LogP contribution in [0.25, 0.3) is 0 Å². The van der Waals surface area contributed by atoms with Crippen molar-refractivity contribution in [1.82, 2.24) is 15.1 Å². The molecule has 0 aromatic heterocycles. The van der Waals surface area contributed by atoms with Crippen LogP contribution in [-0.4, -0.2) is 75.7 Å². The number of methoxy groups -OCH3 is 1. The second-order valence-electron chi connectivity index (χ2n) is 5.96. The molecule has 0 radical (unpaired) electrons. The van der Waals surface area contributed by atoms with Crippen LogP contribution in [0, 0.1) is 0 Å². The molecule has 0 saturated heterocycles. The third kappa shape index (κ3) is 7.82. The van der Waals surface area contributed by atoms with E-state index in [4.69, 9.17) is 4.74 Å². The Morgan fingerprint density at radius 1 is 1.20 bits per heavy atom. The van der Waals surface area contributed by atoms with E-state index in [1.54, 1.807) is 0 Å². The summed E-state index contributed by atoms with van der Waals surface area (Å²) in [6.07, 6.45) is 2.79. The standard InChI is InChI=1S/C15H33N3O2/c1-7-10-16-15(2,14(19)20-6)9-8-11-18(5)13-12-17(3)4/h16H,7-13H2,1-6H3. The zero-order valence-corrected chi connectivity index (χ0v) is 14.2. The number of rotatable bonds is 11. The first kappa shape index (κ1) is 19.4. The van der Waals surface area contributed by atoms with Crippen molar-refractivity contribution in [2.24, 2.45) is 0 Å². The van der Waals surface area contributed by atoms with Gasteiger partial charge in [0.25, 0.3) is 0 Å². The molecule has 20 heavy (non-hydrogen) atoms. The predicted molar refractivity (Wildman–Crippen MR) is 84.0 cm³/mol. The first-order chi connectivity index (χ1) is 9.35. The fraction of sp³-hybridized carbons (Fsp3) is 0.933. The van der Waals surface area contributed by atoms with Gasteiger partial charge in [0.15, 0.2) is 0 Å². The predicted octanol–water partition coefficient (Wildman–Crippen LogP) is 1.19. The smallest absolute Gasteiger partial charge is 0.325 e. The van der Waals surface area contributed by atoms with Gasteiger partial charge >= 0.3 is 5.97 Å². The molecule has 0 amide bonds. The van der Waals surface area contributed by atoms with Crippen molar-refractivity contribution in [1.29, 1.82) is 0 Å². The summed E-state index contributed by atoms with van der Waals surface area (Å²) in [5, 5.41) is 3.32. The summed E-state index contributed by atoms with van der Waals surface area (Å²) in [6, 6.07) is 0. The summed E-state index contributed by atoms with van der Waals surface area (Å²) < 4.78 is 4.93. The number of likely N-dealkylation sites (N-methyl/N-ethyl adjacent to an activating group) is 2. The van der Waals surface area contributed by atoms with Crippen molar-refractivity contribution in [3.05, 3.63) is 0 Å². The van der Waals surface area contributed by atoms with Crippen molar-refractivity contribution < 1.29 is 9.53 Å². The lowest BCUT2D eigenvalue weighted by Crippen LogP contribution is -2.50. The molecule has 0 rings (SSSR count). The lowest BCUT2D eigenvalue weighted by molar-refractivity contribution is -0.148. The number of hydrogen-bond donors (Lipinski definition) is 1. The van der Waals surface area contributed by atoms with Crippen LogP contribution in [0.3, 0.4) is 0 Å². The van der Waals surface area contributed by atoms with Crippen LogP contribution < -0.4 is 5.32 Å². The fourth-order valence-electron chi connectivity index (χ4n) is 2.07. The van der Waals surface area contributed by atoms with Gasteiger partial charge in [-0.1, -0.05) is 6.92 Å². The number of carbonyl (C=O) groups is 1. The van der Waals surface area contributed by atoms with Gasteiger partial charge < -0.3 is 19.9 Å². The van der Waals surface area contributed by atoms with E-state index in [1.807, 2.05) is 6.92 Å². The lowest BCUT2D eigenvalue weighted by atomic mass is 9.95. The van der Waals surface area contributed by atoms with Crippen LogP contribution in [0.2, 0.25) is 0 Å². The zero-order chi connectivity index (χ0) is 15.6. The topological polar surface area (TPSA) is 44.8 Å². The van der Waals surface area contributed by atoms with E-state index in [2.05, 4.69) is 43.2 Å². The van der Waals surface area contributed by atoms with Crippen LogP contribution in [0.15, 0.2) is 0 Å². The molecule has 1 atom stereocenters. The average molecular weight is 287 g/mol. The van der Waals surface area contributed by atoms with Crippen LogP contribution in [0.1, 0.15) is 33.1 Å². The Morgan fingerprint density at radius 3 is 2.35 bits per heavy atom. The van der Waals surface area contributed by atoms with Crippen molar-refractivity contribution >= 4 is 5.97 Å². The highest BCUT2D eigenvalue weighted by Gasteiger charge is 2.32. The molecule has 0 aliphatic carbocycles. The maximum atomic E-state index is 11.9. The van der Waals surface area contributed by atoms with Gasteiger partial charge in [-0.05, 0) is 60.4 Å². The Labute approximate surface area is 124 Å². The Hall–Kier alpha value is -0.650. The van der Waals surface area contributed by atoms with Gasteiger partial charge in [0.05, 0.1) is 7.11 Å². The summed E-state index contributed by atoms with van der Waals surface area (Å²) in [7, 11) is 7.74. The number of nitrogens with zero attached hydrogens (tertiary/aromatic N) is 2. The maximum Gasteiger partial charge on any atom is 0.325 e. The van der Waals surface area contributed by atoms with Crippen LogP contribution in [-0.2, 0) is 9.53 Å². The van der Waals surface area contributed by atoms with Gasteiger partial charge in [0.2, 0.25) is 0 Å². The van der Waals surface area contributed by atoms with Crippen molar-refractivity contribution in [2.45, 2.75) is 38.6 Å². The third-order valence-corrected chi connectivity index (χ3v) is 3.55. The van der Waals surface area contributed by atoms with Gasteiger partial charge in [0.1, 0.15) is 5.54 Å². The van der Waals surface area contributed by atoms with E-state index >= 15 is 0 Å². The molecular formula is C15H33N3O2. The van der Waals surface area contributed by atoms with Crippen LogP contribution >= 0.6 is 0 Å². The Morgan fingerprint density at radius 2 is 1.85 bits per heavy atom. The summed E-state index contributed by atoms with van der Waals surface area (Å²) in [5.41, 5.74) is -0.562. The Balaban J connectivity index is 4.16. The van der Waals surface area contributed by atoms with Gasteiger partial charge in [-0.2, -0.15) is 0 Å². The fourth-order valence-corrected chi connectivity index (χ4v) is 2.07.